The lowest BCUT2D eigenvalue weighted by atomic mass is 10.1. The molecule has 0 aromatic carbocycles. The largest absolute Gasteiger partial charge is 0.356 e. The SMILES string of the molecule is N#Cc1c[nH]c(C(=O)NC2CCCN(Cc3cccs3)C2)c1. The van der Waals surface area contributed by atoms with E-state index in [1.165, 1.54) is 4.88 Å². The van der Waals surface area contributed by atoms with Gasteiger partial charge in [-0.3, -0.25) is 9.69 Å². The highest BCUT2D eigenvalue weighted by atomic mass is 32.1. The number of likely N-dealkylation sites (tertiary alicyclic amines) is 1. The Morgan fingerprint density at radius 2 is 2.50 bits per heavy atom. The number of aromatic nitrogens is 1. The van der Waals surface area contributed by atoms with Gasteiger partial charge in [-0.25, -0.2) is 0 Å². The van der Waals surface area contributed by atoms with Crippen molar-refractivity contribution in [2.24, 2.45) is 0 Å². The van der Waals surface area contributed by atoms with Crippen LogP contribution in [0.2, 0.25) is 0 Å². The molecule has 1 unspecified atom stereocenters. The van der Waals surface area contributed by atoms with E-state index in [4.69, 9.17) is 5.26 Å². The maximum absolute atomic E-state index is 12.2. The number of piperidine rings is 1. The van der Waals surface area contributed by atoms with Crippen molar-refractivity contribution in [2.75, 3.05) is 13.1 Å². The number of carbonyl (C=O) groups excluding carboxylic acids is 1. The molecule has 5 nitrogen and oxygen atoms in total. The molecular weight excluding hydrogens is 296 g/mol. The normalized spacial score (nSPS) is 18.8. The van der Waals surface area contributed by atoms with E-state index in [0.717, 1.165) is 32.5 Å². The predicted octanol–water partition coefficient (Wildman–Crippen LogP) is 2.34. The number of amides is 1. The molecule has 1 fully saturated rings. The smallest absolute Gasteiger partial charge is 0.267 e. The van der Waals surface area contributed by atoms with E-state index in [1.54, 1.807) is 23.6 Å². The third kappa shape index (κ3) is 3.56. The highest BCUT2D eigenvalue weighted by molar-refractivity contribution is 7.09. The fourth-order valence-corrected chi connectivity index (χ4v) is 3.54. The lowest BCUT2D eigenvalue weighted by Gasteiger charge is -2.32. The second-order valence-corrected chi connectivity index (χ2v) is 6.57. The zero-order valence-corrected chi connectivity index (χ0v) is 13.0. The number of nitriles is 1. The first-order chi connectivity index (χ1) is 10.7. The molecule has 3 heterocycles. The van der Waals surface area contributed by atoms with Gasteiger partial charge in [0.25, 0.3) is 5.91 Å². The molecule has 114 valence electrons. The van der Waals surface area contributed by atoms with Crippen molar-refractivity contribution in [1.82, 2.24) is 15.2 Å². The Kier molecular flexibility index (Phi) is 4.56. The molecule has 1 aliphatic heterocycles. The maximum Gasteiger partial charge on any atom is 0.267 e. The maximum atomic E-state index is 12.2. The van der Waals surface area contributed by atoms with Gasteiger partial charge in [-0.15, -0.1) is 11.3 Å². The zero-order valence-electron chi connectivity index (χ0n) is 12.2. The number of nitrogens with one attached hydrogen (secondary N) is 2. The van der Waals surface area contributed by atoms with Crippen molar-refractivity contribution in [3.8, 4) is 6.07 Å². The highest BCUT2D eigenvalue weighted by Crippen LogP contribution is 2.17. The van der Waals surface area contributed by atoms with Gasteiger partial charge in [0.2, 0.25) is 0 Å². The molecule has 2 N–H and O–H groups in total. The Balaban J connectivity index is 1.55. The standard InChI is InChI=1S/C16H18N4OS/c17-8-12-7-15(18-9-12)16(21)19-13-3-1-5-20(10-13)11-14-4-2-6-22-14/h2,4,6-7,9,13,18H,1,3,5,10-11H2,(H,19,21). The molecule has 0 spiro atoms. The van der Waals surface area contributed by atoms with E-state index in [9.17, 15) is 4.79 Å². The molecule has 1 saturated heterocycles. The first-order valence-corrected chi connectivity index (χ1v) is 8.26. The van der Waals surface area contributed by atoms with Gasteiger partial charge in [-0.05, 0) is 36.9 Å². The first kappa shape index (κ1) is 14.8. The number of nitrogens with zero attached hydrogens (tertiary/aromatic N) is 2. The lowest BCUT2D eigenvalue weighted by Crippen LogP contribution is -2.47. The number of H-pyrrole nitrogens is 1. The van der Waals surface area contributed by atoms with Crippen LogP contribution in [0.3, 0.4) is 0 Å². The van der Waals surface area contributed by atoms with Crippen LogP contribution in [-0.4, -0.2) is 34.9 Å². The number of aromatic amines is 1. The Bertz CT molecular complexity index is 671. The van der Waals surface area contributed by atoms with E-state index >= 15 is 0 Å². The quantitative estimate of drug-likeness (QED) is 0.910. The van der Waals surface area contributed by atoms with Crippen molar-refractivity contribution >= 4 is 17.2 Å². The Morgan fingerprint density at radius 3 is 3.23 bits per heavy atom. The van der Waals surface area contributed by atoms with E-state index in [1.807, 2.05) is 6.07 Å². The van der Waals surface area contributed by atoms with Gasteiger partial charge in [0.05, 0.1) is 5.56 Å². The van der Waals surface area contributed by atoms with Crippen molar-refractivity contribution < 1.29 is 4.79 Å². The van der Waals surface area contributed by atoms with Gasteiger partial charge in [0.1, 0.15) is 11.8 Å². The minimum absolute atomic E-state index is 0.135. The van der Waals surface area contributed by atoms with Crippen LogP contribution in [0.4, 0.5) is 0 Å². The average Bonchev–Trinajstić information content (AvgIpc) is 3.18. The van der Waals surface area contributed by atoms with Crippen molar-refractivity contribution in [2.45, 2.75) is 25.4 Å². The fraction of sp³-hybridized carbons (Fsp3) is 0.375. The third-order valence-corrected chi connectivity index (χ3v) is 4.72. The van der Waals surface area contributed by atoms with Crippen molar-refractivity contribution in [1.29, 1.82) is 5.26 Å². The second-order valence-electron chi connectivity index (χ2n) is 5.54. The molecule has 0 bridgehead atoms. The van der Waals surface area contributed by atoms with Crippen LogP contribution in [0.25, 0.3) is 0 Å². The topological polar surface area (TPSA) is 71.9 Å². The summed E-state index contributed by atoms with van der Waals surface area (Å²) in [7, 11) is 0. The predicted molar refractivity (Wildman–Crippen MR) is 85.6 cm³/mol. The summed E-state index contributed by atoms with van der Waals surface area (Å²) in [6.45, 7) is 2.89. The van der Waals surface area contributed by atoms with Gasteiger partial charge < -0.3 is 10.3 Å². The lowest BCUT2D eigenvalue weighted by molar-refractivity contribution is 0.0897. The monoisotopic (exact) mass is 314 g/mol. The van der Waals surface area contributed by atoms with Crippen LogP contribution in [0.5, 0.6) is 0 Å². The van der Waals surface area contributed by atoms with Gasteiger partial charge in [0, 0.05) is 30.2 Å². The molecule has 0 radical (unpaired) electrons. The Morgan fingerprint density at radius 1 is 1.59 bits per heavy atom. The molecule has 2 aromatic rings. The summed E-state index contributed by atoms with van der Waals surface area (Å²) in [6.07, 6.45) is 3.64. The van der Waals surface area contributed by atoms with Crippen LogP contribution in [0.1, 0.15) is 33.8 Å². The van der Waals surface area contributed by atoms with Crippen molar-refractivity contribution in [3.63, 3.8) is 0 Å². The van der Waals surface area contributed by atoms with E-state index in [-0.39, 0.29) is 11.9 Å². The summed E-state index contributed by atoms with van der Waals surface area (Å²) in [5.41, 5.74) is 0.931. The van der Waals surface area contributed by atoms with Gasteiger partial charge in [0.15, 0.2) is 0 Å². The molecule has 0 saturated carbocycles. The molecule has 0 aliphatic carbocycles. The Hall–Kier alpha value is -2.10. The van der Waals surface area contributed by atoms with Gasteiger partial charge in [-0.1, -0.05) is 6.07 Å². The Labute approximate surface area is 133 Å². The van der Waals surface area contributed by atoms with E-state index in [0.29, 0.717) is 11.3 Å². The van der Waals surface area contributed by atoms with Gasteiger partial charge >= 0.3 is 0 Å². The van der Waals surface area contributed by atoms with Crippen molar-refractivity contribution in [3.05, 3.63) is 45.9 Å². The summed E-state index contributed by atoms with van der Waals surface area (Å²) in [5, 5.41) is 14.0. The second kappa shape index (κ2) is 6.77. The molecule has 6 heteroatoms. The fourth-order valence-electron chi connectivity index (χ4n) is 2.79. The minimum Gasteiger partial charge on any atom is -0.356 e. The first-order valence-electron chi connectivity index (χ1n) is 7.39. The van der Waals surface area contributed by atoms with Crippen LogP contribution < -0.4 is 5.32 Å². The molecular formula is C16H18N4OS. The number of hydrogen-bond acceptors (Lipinski definition) is 4. The van der Waals surface area contributed by atoms with E-state index in [2.05, 4.69) is 32.7 Å². The zero-order chi connectivity index (χ0) is 15.4. The number of carbonyl (C=O) groups is 1. The summed E-state index contributed by atoms with van der Waals surface area (Å²) in [5.74, 6) is -0.135. The minimum atomic E-state index is -0.135. The van der Waals surface area contributed by atoms with Crippen LogP contribution in [0, 0.1) is 11.3 Å². The molecule has 1 amide bonds. The van der Waals surface area contributed by atoms with Crippen LogP contribution in [0.15, 0.2) is 29.8 Å². The van der Waals surface area contributed by atoms with Crippen LogP contribution in [-0.2, 0) is 6.54 Å². The van der Waals surface area contributed by atoms with Gasteiger partial charge in [-0.2, -0.15) is 5.26 Å². The summed E-state index contributed by atoms with van der Waals surface area (Å²) in [4.78, 5) is 18.8. The number of thiophene rings is 1. The van der Waals surface area contributed by atoms with E-state index < -0.39 is 0 Å². The summed E-state index contributed by atoms with van der Waals surface area (Å²) >= 11 is 1.77. The molecule has 1 aliphatic rings. The molecule has 1 atom stereocenters. The third-order valence-electron chi connectivity index (χ3n) is 3.86. The number of rotatable bonds is 4. The molecule has 22 heavy (non-hydrogen) atoms. The van der Waals surface area contributed by atoms with Crippen LogP contribution >= 0.6 is 11.3 Å². The summed E-state index contributed by atoms with van der Waals surface area (Å²) < 4.78 is 0. The average molecular weight is 314 g/mol. The molecule has 3 rings (SSSR count). The summed E-state index contributed by atoms with van der Waals surface area (Å²) in [6, 6.07) is 7.99. The molecule has 2 aromatic heterocycles. The highest BCUT2D eigenvalue weighted by Gasteiger charge is 2.22. The number of hydrogen-bond donors (Lipinski definition) is 2.